The fourth-order valence-electron chi connectivity index (χ4n) is 2.37. The molecule has 26 heavy (non-hydrogen) atoms. The minimum Gasteiger partial charge on any atom is -0.493 e. The lowest BCUT2D eigenvalue weighted by Gasteiger charge is -2.17. The van der Waals surface area contributed by atoms with Gasteiger partial charge in [0.25, 0.3) is 5.91 Å². The number of amides is 1. The topological polar surface area (TPSA) is 56.8 Å². The lowest BCUT2D eigenvalue weighted by Crippen LogP contribution is -2.28. The summed E-state index contributed by atoms with van der Waals surface area (Å²) in [4.78, 5) is 12.2. The maximum Gasteiger partial charge on any atom is 0.257 e. The lowest BCUT2D eigenvalue weighted by molar-refractivity contribution is 0.0931. The van der Waals surface area contributed by atoms with Crippen LogP contribution in [0.3, 0.4) is 0 Å². The van der Waals surface area contributed by atoms with E-state index in [0.717, 1.165) is 12.1 Å². The van der Waals surface area contributed by atoms with Gasteiger partial charge in [0.15, 0.2) is 11.5 Å². The molecule has 0 aromatic heterocycles. The Morgan fingerprint density at radius 1 is 1.08 bits per heavy atom. The van der Waals surface area contributed by atoms with Crippen LogP contribution in [0.25, 0.3) is 0 Å². The van der Waals surface area contributed by atoms with Gasteiger partial charge in [-0.1, -0.05) is 12.1 Å². The third-order valence-electron chi connectivity index (χ3n) is 3.77. The first-order valence-electron chi connectivity index (χ1n) is 8.02. The smallest absolute Gasteiger partial charge is 0.257 e. The zero-order valence-corrected chi connectivity index (χ0v) is 14.8. The third-order valence-corrected chi connectivity index (χ3v) is 3.77. The van der Waals surface area contributed by atoms with Crippen LogP contribution in [0.4, 0.5) is 8.78 Å². The summed E-state index contributed by atoms with van der Waals surface area (Å²) in [6.45, 7) is 2.51. The molecule has 0 heterocycles. The maximum atomic E-state index is 13.7. The van der Waals surface area contributed by atoms with Crippen molar-refractivity contribution in [3.63, 3.8) is 0 Å². The number of carbonyl (C=O) groups is 1. The van der Waals surface area contributed by atoms with E-state index in [1.165, 1.54) is 13.2 Å². The number of hydrogen-bond donors (Lipinski definition) is 1. The Morgan fingerprint density at radius 3 is 2.38 bits per heavy atom. The monoisotopic (exact) mass is 365 g/mol. The van der Waals surface area contributed by atoms with Crippen molar-refractivity contribution in [3.05, 3.63) is 59.2 Å². The number of carbonyl (C=O) groups excluding carboxylic acids is 1. The number of ether oxygens (including phenoxy) is 3. The van der Waals surface area contributed by atoms with Gasteiger partial charge in [-0.15, -0.1) is 0 Å². The molecule has 0 saturated heterocycles. The summed E-state index contributed by atoms with van der Waals surface area (Å²) in [5.41, 5.74) is 0.0943. The van der Waals surface area contributed by atoms with E-state index < -0.39 is 29.1 Å². The number of hydrogen-bond acceptors (Lipinski definition) is 4. The minimum absolute atomic E-state index is 0.366. The van der Waals surface area contributed by atoms with Crippen LogP contribution >= 0.6 is 0 Å². The van der Waals surface area contributed by atoms with Gasteiger partial charge in [0.05, 0.1) is 19.8 Å². The molecule has 0 aliphatic carbocycles. The van der Waals surface area contributed by atoms with E-state index in [4.69, 9.17) is 14.2 Å². The van der Waals surface area contributed by atoms with Gasteiger partial charge in [0, 0.05) is 7.11 Å². The fourth-order valence-corrected chi connectivity index (χ4v) is 2.37. The summed E-state index contributed by atoms with van der Waals surface area (Å²) in [7, 11) is 3.08. The third kappa shape index (κ3) is 4.70. The van der Waals surface area contributed by atoms with Gasteiger partial charge in [-0.3, -0.25) is 4.79 Å². The summed E-state index contributed by atoms with van der Waals surface area (Å²) in [6, 6.07) is 7.94. The van der Waals surface area contributed by atoms with Crippen molar-refractivity contribution in [2.75, 3.05) is 27.4 Å². The van der Waals surface area contributed by atoms with E-state index in [1.54, 1.807) is 32.2 Å². The van der Waals surface area contributed by atoms with Crippen molar-refractivity contribution >= 4 is 5.91 Å². The van der Waals surface area contributed by atoms with Crippen molar-refractivity contribution in [2.45, 2.75) is 13.0 Å². The fraction of sp³-hybridized carbons (Fsp3) is 0.316. The van der Waals surface area contributed by atoms with Crippen molar-refractivity contribution in [1.29, 1.82) is 0 Å². The molecule has 5 nitrogen and oxygen atoms in total. The molecule has 2 rings (SSSR count). The van der Waals surface area contributed by atoms with Crippen molar-refractivity contribution in [1.82, 2.24) is 5.32 Å². The van der Waals surface area contributed by atoms with Gasteiger partial charge in [-0.25, -0.2) is 8.78 Å². The number of methoxy groups -OCH3 is 2. The molecule has 0 spiro atoms. The Kier molecular flexibility index (Phi) is 6.91. The molecule has 7 heteroatoms. The number of halogens is 2. The standard InChI is InChI=1S/C19H21F2NO4/c1-12(22-19(23)18-14(20)5-4-6-15(18)21)13-7-8-16(17(11-13)25-3)26-10-9-24-2/h4-8,11-12H,9-10H2,1-3H3,(H,22,23)/t12-/m1/s1. The van der Waals surface area contributed by atoms with Crippen LogP contribution in [-0.2, 0) is 4.74 Å². The van der Waals surface area contributed by atoms with E-state index in [0.29, 0.717) is 30.3 Å². The van der Waals surface area contributed by atoms with E-state index in [9.17, 15) is 13.6 Å². The molecule has 2 aromatic rings. The van der Waals surface area contributed by atoms with Gasteiger partial charge in [-0.2, -0.15) is 0 Å². The Hall–Kier alpha value is -2.67. The second-order valence-electron chi connectivity index (χ2n) is 5.54. The number of nitrogens with one attached hydrogen (secondary N) is 1. The quantitative estimate of drug-likeness (QED) is 0.728. The molecule has 2 aromatic carbocycles. The first kappa shape index (κ1) is 19.7. The highest BCUT2D eigenvalue weighted by molar-refractivity contribution is 5.95. The highest BCUT2D eigenvalue weighted by Crippen LogP contribution is 2.30. The van der Waals surface area contributed by atoms with Gasteiger partial charge in [0.2, 0.25) is 0 Å². The van der Waals surface area contributed by atoms with Gasteiger partial charge in [0.1, 0.15) is 23.8 Å². The van der Waals surface area contributed by atoms with Crippen LogP contribution in [0, 0.1) is 11.6 Å². The van der Waals surface area contributed by atoms with Crippen LogP contribution < -0.4 is 14.8 Å². The van der Waals surface area contributed by atoms with Crippen LogP contribution in [0.15, 0.2) is 36.4 Å². The molecule has 0 aliphatic heterocycles. The molecule has 0 bridgehead atoms. The zero-order valence-electron chi connectivity index (χ0n) is 14.8. The molecule has 0 unspecified atom stereocenters. The van der Waals surface area contributed by atoms with Crippen LogP contribution in [-0.4, -0.2) is 33.3 Å². The van der Waals surface area contributed by atoms with E-state index >= 15 is 0 Å². The highest BCUT2D eigenvalue weighted by Gasteiger charge is 2.20. The average Bonchev–Trinajstić information content (AvgIpc) is 2.61. The SMILES string of the molecule is COCCOc1ccc([C@@H](C)NC(=O)c2c(F)cccc2F)cc1OC. The Morgan fingerprint density at radius 2 is 1.77 bits per heavy atom. The van der Waals surface area contributed by atoms with Crippen LogP contribution in [0.2, 0.25) is 0 Å². The summed E-state index contributed by atoms with van der Waals surface area (Å²) in [5.74, 6) is -1.63. The molecular weight excluding hydrogens is 344 g/mol. The minimum atomic E-state index is -0.908. The zero-order chi connectivity index (χ0) is 19.1. The van der Waals surface area contributed by atoms with Crippen LogP contribution in [0.5, 0.6) is 11.5 Å². The van der Waals surface area contributed by atoms with E-state index in [-0.39, 0.29) is 0 Å². The normalized spacial score (nSPS) is 11.7. The largest absolute Gasteiger partial charge is 0.493 e. The summed E-state index contributed by atoms with van der Waals surface area (Å²) >= 11 is 0. The van der Waals surface area contributed by atoms with E-state index in [1.807, 2.05) is 0 Å². The average molecular weight is 365 g/mol. The Bertz CT molecular complexity index is 747. The van der Waals surface area contributed by atoms with Crippen molar-refractivity contribution in [3.8, 4) is 11.5 Å². The highest BCUT2D eigenvalue weighted by atomic mass is 19.1. The summed E-state index contributed by atoms with van der Waals surface area (Å²) in [6.07, 6.45) is 0. The number of rotatable bonds is 8. The molecule has 140 valence electrons. The van der Waals surface area contributed by atoms with E-state index in [2.05, 4.69) is 5.32 Å². The molecule has 0 saturated carbocycles. The Labute approximate surface area is 150 Å². The van der Waals surface area contributed by atoms with Crippen molar-refractivity contribution < 1.29 is 27.8 Å². The predicted molar refractivity (Wildman–Crippen MR) is 92.6 cm³/mol. The van der Waals surface area contributed by atoms with Gasteiger partial charge < -0.3 is 19.5 Å². The lowest BCUT2D eigenvalue weighted by atomic mass is 10.1. The van der Waals surface area contributed by atoms with Gasteiger partial charge in [-0.05, 0) is 36.8 Å². The first-order chi connectivity index (χ1) is 12.5. The first-order valence-corrected chi connectivity index (χ1v) is 8.02. The van der Waals surface area contributed by atoms with Crippen LogP contribution in [0.1, 0.15) is 28.9 Å². The molecule has 1 N–H and O–H groups in total. The summed E-state index contributed by atoms with van der Waals surface area (Å²) in [5, 5.41) is 2.58. The molecule has 0 fully saturated rings. The molecule has 1 atom stereocenters. The molecular formula is C19H21F2NO4. The Balaban J connectivity index is 2.14. The van der Waals surface area contributed by atoms with Gasteiger partial charge >= 0.3 is 0 Å². The maximum absolute atomic E-state index is 13.7. The molecule has 0 radical (unpaired) electrons. The summed E-state index contributed by atoms with van der Waals surface area (Å²) < 4.78 is 43.2. The molecule has 1 amide bonds. The predicted octanol–water partition coefficient (Wildman–Crippen LogP) is 3.49. The van der Waals surface area contributed by atoms with Crippen molar-refractivity contribution in [2.24, 2.45) is 0 Å². The second kappa shape index (κ2) is 9.15. The second-order valence-corrected chi connectivity index (χ2v) is 5.54. The number of benzene rings is 2. The molecule has 0 aliphatic rings.